The monoisotopic (exact) mass is 282 g/mol. The molecule has 0 aliphatic carbocycles. The van der Waals surface area contributed by atoms with Crippen LogP contribution in [0.5, 0.6) is 0 Å². The Balaban J connectivity index is 2.25. The summed E-state index contributed by atoms with van der Waals surface area (Å²) in [6.07, 6.45) is 1.89. The fraction of sp³-hybridized carbons (Fsp3) is 0.294. The predicted molar refractivity (Wildman–Crippen MR) is 79.6 cm³/mol. The Kier molecular flexibility index (Phi) is 4.78. The standard InChI is InChI=1S/C17H18N2O2/c1-13-6-3-8-16(14(13)2)17(20)19(10-5-9-18)12-15-7-4-11-21-15/h3-4,6-8,11H,5,10,12H2,1-2H3. The van der Waals surface area contributed by atoms with E-state index in [1.807, 2.05) is 38.1 Å². The predicted octanol–water partition coefficient (Wildman–Crippen LogP) is 3.45. The van der Waals surface area contributed by atoms with E-state index in [0.717, 1.165) is 11.1 Å². The third-order valence-corrected chi connectivity index (χ3v) is 3.54. The molecule has 4 nitrogen and oxygen atoms in total. The summed E-state index contributed by atoms with van der Waals surface area (Å²) in [6, 6.07) is 11.4. The molecular weight excluding hydrogens is 264 g/mol. The first kappa shape index (κ1) is 14.9. The van der Waals surface area contributed by atoms with Gasteiger partial charge in [0.15, 0.2) is 0 Å². The highest BCUT2D eigenvalue weighted by molar-refractivity contribution is 5.95. The first-order valence-corrected chi connectivity index (χ1v) is 6.88. The van der Waals surface area contributed by atoms with Crippen molar-refractivity contribution in [2.45, 2.75) is 26.8 Å². The van der Waals surface area contributed by atoms with Crippen LogP contribution in [0.4, 0.5) is 0 Å². The van der Waals surface area contributed by atoms with Crippen molar-refractivity contribution in [2.75, 3.05) is 6.54 Å². The lowest BCUT2D eigenvalue weighted by Crippen LogP contribution is -2.31. The third-order valence-electron chi connectivity index (χ3n) is 3.54. The Morgan fingerprint density at radius 1 is 1.29 bits per heavy atom. The van der Waals surface area contributed by atoms with Crippen molar-refractivity contribution >= 4 is 5.91 Å². The minimum absolute atomic E-state index is 0.0668. The number of hydrogen-bond acceptors (Lipinski definition) is 3. The first-order chi connectivity index (χ1) is 10.1. The topological polar surface area (TPSA) is 57.2 Å². The largest absolute Gasteiger partial charge is 0.467 e. The van der Waals surface area contributed by atoms with E-state index in [1.54, 1.807) is 17.2 Å². The number of rotatable bonds is 5. The number of carbonyl (C=O) groups is 1. The number of aryl methyl sites for hydroxylation is 1. The van der Waals surface area contributed by atoms with Gasteiger partial charge in [-0.1, -0.05) is 12.1 Å². The van der Waals surface area contributed by atoms with Crippen LogP contribution in [0.15, 0.2) is 41.0 Å². The van der Waals surface area contributed by atoms with Gasteiger partial charge in [-0.15, -0.1) is 0 Å². The van der Waals surface area contributed by atoms with E-state index in [0.29, 0.717) is 30.8 Å². The summed E-state index contributed by atoms with van der Waals surface area (Å²) in [5.74, 6) is 0.648. The summed E-state index contributed by atoms with van der Waals surface area (Å²) in [5.41, 5.74) is 2.74. The lowest BCUT2D eigenvalue weighted by molar-refractivity contribution is 0.0734. The van der Waals surface area contributed by atoms with Crippen molar-refractivity contribution in [3.63, 3.8) is 0 Å². The Bertz CT molecular complexity index is 654. The van der Waals surface area contributed by atoms with Crippen LogP contribution in [0.3, 0.4) is 0 Å². The summed E-state index contributed by atoms with van der Waals surface area (Å²) in [5, 5.41) is 8.78. The highest BCUT2D eigenvalue weighted by Gasteiger charge is 2.19. The number of furan rings is 1. The molecule has 1 aromatic heterocycles. The number of nitrogens with zero attached hydrogens (tertiary/aromatic N) is 2. The number of nitriles is 1. The van der Waals surface area contributed by atoms with Gasteiger partial charge < -0.3 is 9.32 Å². The molecule has 0 saturated carbocycles. The molecule has 2 aromatic rings. The number of amides is 1. The average molecular weight is 282 g/mol. The van der Waals surface area contributed by atoms with Gasteiger partial charge >= 0.3 is 0 Å². The summed E-state index contributed by atoms with van der Waals surface area (Å²) >= 11 is 0. The average Bonchev–Trinajstić information content (AvgIpc) is 2.98. The lowest BCUT2D eigenvalue weighted by Gasteiger charge is -2.22. The molecule has 4 heteroatoms. The highest BCUT2D eigenvalue weighted by Crippen LogP contribution is 2.17. The Hall–Kier alpha value is -2.54. The molecule has 0 saturated heterocycles. The molecule has 0 radical (unpaired) electrons. The van der Waals surface area contributed by atoms with Gasteiger partial charge in [0.05, 0.1) is 25.3 Å². The van der Waals surface area contributed by atoms with Gasteiger partial charge in [0.2, 0.25) is 0 Å². The molecule has 21 heavy (non-hydrogen) atoms. The molecular formula is C17H18N2O2. The Morgan fingerprint density at radius 2 is 2.10 bits per heavy atom. The number of benzene rings is 1. The molecule has 0 fully saturated rings. The fourth-order valence-corrected chi connectivity index (χ4v) is 2.18. The van der Waals surface area contributed by atoms with Gasteiger partial charge in [0.25, 0.3) is 5.91 Å². The lowest BCUT2D eigenvalue weighted by atomic mass is 10.0. The van der Waals surface area contributed by atoms with Gasteiger partial charge in [-0.25, -0.2) is 0 Å². The van der Waals surface area contributed by atoms with Crippen LogP contribution < -0.4 is 0 Å². The molecule has 0 bridgehead atoms. The van der Waals surface area contributed by atoms with E-state index < -0.39 is 0 Å². The van der Waals surface area contributed by atoms with Crippen molar-refractivity contribution in [1.29, 1.82) is 5.26 Å². The summed E-state index contributed by atoms with van der Waals surface area (Å²) in [6.45, 7) is 4.69. The van der Waals surface area contributed by atoms with Gasteiger partial charge in [-0.2, -0.15) is 5.26 Å². The van der Waals surface area contributed by atoms with Gasteiger partial charge in [-0.05, 0) is 43.2 Å². The molecule has 0 aliphatic rings. The molecule has 1 aromatic carbocycles. The van der Waals surface area contributed by atoms with Crippen molar-refractivity contribution < 1.29 is 9.21 Å². The van der Waals surface area contributed by atoms with Crippen LogP contribution >= 0.6 is 0 Å². The summed E-state index contributed by atoms with van der Waals surface area (Å²) in [4.78, 5) is 14.4. The fourth-order valence-electron chi connectivity index (χ4n) is 2.18. The van der Waals surface area contributed by atoms with Crippen LogP contribution in [0.1, 0.15) is 33.7 Å². The third kappa shape index (κ3) is 3.51. The van der Waals surface area contributed by atoms with Gasteiger partial charge in [-0.3, -0.25) is 4.79 Å². The van der Waals surface area contributed by atoms with Crippen molar-refractivity contribution in [2.24, 2.45) is 0 Å². The van der Waals surface area contributed by atoms with Crippen LogP contribution in [-0.2, 0) is 6.54 Å². The minimum Gasteiger partial charge on any atom is -0.467 e. The maximum Gasteiger partial charge on any atom is 0.254 e. The normalized spacial score (nSPS) is 10.1. The summed E-state index contributed by atoms with van der Waals surface area (Å²) < 4.78 is 5.31. The zero-order valence-electron chi connectivity index (χ0n) is 12.3. The van der Waals surface area contributed by atoms with Gasteiger partial charge in [0.1, 0.15) is 5.76 Å². The van der Waals surface area contributed by atoms with Crippen LogP contribution in [0, 0.1) is 25.2 Å². The van der Waals surface area contributed by atoms with E-state index in [2.05, 4.69) is 6.07 Å². The van der Waals surface area contributed by atoms with Crippen LogP contribution in [-0.4, -0.2) is 17.4 Å². The second-order valence-electron chi connectivity index (χ2n) is 4.96. The highest BCUT2D eigenvalue weighted by atomic mass is 16.3. The van der Waals surface area contributed by atoms with Crippen LogP contribution in [0.25, 0.3) is 0 Å². The second kappa shape index (κ2) is 6.76. The van der Waals surface area contributed by atoms with Gasteiger partial charge in [0, 0.05) is 12.1 Å². The maximum absolute atomic E-state index is 12.7. The van der Waals surface area contributed by atoms with E-state index in [-0.39, 0.29) is 5.91 Å². The quantitative estimate of drug-likeness (QED) is 0.844. The molecule has 0 spiro atoms. The number of hydrogen-bond donors (Lipinski definition) is 0. The smallest absolute Gasteiger partial charge is 0.254 e. The summed E-state index contributed by atoms with van der Waals surface area (Å²) in [7, 11) is 0. The van der Waals surface area contributed by atoms with E-state index in [4.69, 9.17) is 9.68 Å². The molecule has 1 amide bonds. The van der Waals surface area contributed by atoms with E-state index in [9.17, 15) is 4.79 Å². The molecule has 0 N–H and O–H groups in total. The Labute approximate surface area is 124 Å². The van der Waals surface area contributed by atoms with Crippen molar-refractivity contribution in [3.05, 3.63) is 59.0 Å². The molecule has 2 rings (SSSR count). The maximum atomic E-state index is 12.7. The molecule has 0 aliphatic heterocycles. The second-order valence-corrected chi connectivity index (χ2v) is 4.96. The minimum atomic E-state index is -0.0668. The SMILES string of the molecule is Cc1cccc(C(=O)N(CCC#N)Cc2ccco2)c1C. The number of carbonyl (C=O) groups excluding carboxylic acids is 1. The zero-order chi connectivity index (χ0) is 15.2. The molecule has 0 unspecified atom stereocenters. The van der Waals surface area contributed by atoms with E-state index >= 15 is 0 Å². The first-order valence-electron chi connectivity index (χ1n) is 6.88. The molecule has 108 valence electrons. The van der Waals surface area contributed by atoms with Crippen molar-refractivity contribution in [3.8, 4) is 6.07 Å². The Morgan fingerprint density at radius 3 is 2.76 bits per heavy atom. The van der Waals surface area contributed by atoms with Crippen molar-refractivity contribution in [1.82, 2.24) is 4.90 Å². The molecule has 1 heterocycles. The van der Waals surface area contributed by atoms with Crippen LogP contribution in [0.2, 0.25) is 0 Å². The van der Waals surface area contributed by atoms with E-state index in [1.165, 1.54) is 0 Å². The zero-order valence-corrected chi connectivity index (χ0v) is 12.3. The molecule has 0 atom stereocenters.